The average molecular weight is 224 g/mol. The van der Waals surface area contributed by atoms with E-state index >= 15 is 0 Å². The molecule has 0 bridgehead atoms. The third-order valence-electron chi connectivity index (χ3n) is 2.09. The first-order valence-electron chi connectivity index (χ1n) is 5.15. The van der Waals surface area contributed by atoms with Crippen LogP contribution in [0.25, 0.3) is 0 Å². The predicted octanol–water partition coefficient (Wildman–Crippen LogP) is 1.38. The van der Waals surface area contributed by atoms with Crippen LogP contribution in [0.3, 0.4) is 0 Å². The zero-order valence-corrected chi connectivity index (χ0v) is 9.26. The molecule has 4 nitrogen and oxygen atoms in total. The lowest BCUT2D eigenvalue weighted by molar-refractivity contribution is -0.142. The van der Waals surface area contributed by atoms with E-state index in [-0.39, 0.29) is 6.42 Å². The van der Waals surface area contributed by atoms with Crippen LogP contribution in [0.4, 0.5) is 0 Å². The summed E-state index contributed by atoms with van der Waals surface area (Å²) in [5.41, 5.74) is 0. The zero-order valence-electron chi connectivity index (χ0n) is 9.26. The Kier molecular flexibility index (Phi) is 5.36. The van der Waals surface area contributed by atoms with E-state index in [4.69, 9.17) is 4.74 Å². The number of methoxy groups -OCH3 is 1. The van der Waals surface area contributed by atoms with Crippen LogP contribution in [0.2, 0.25) is 0 Å². The third-order valence-corrected chi connectivity index (χ3v) is 2.09. The first kappa shape index (κ1) is 12.5. The quantitative estimate of drug-likeness (QED) is 0.742. The van der Waals surface area contributed by atoms with Crippen LogP contribution < -0.4 is 4.74 Å². The molecule has 0 saturated carbocycles. The molecule has 16 heavy (non-hydrogen) atoms. The van der Waals surface area contributed by atoms with Gasteiger partial charge in [-0.3, -0.25) is 4.79 Å². The second-order valence-corrected chi connectivity index (χ2v) is 3.38. The predicted molar refractivity (Wildman–Crippen MR) is 59.2 cm³/mol. The lowest BCUT2D eigenvalue weighted by Crippen LogP contribution is -2.17. The molecule has 4 heteroatoms. The SMILES string of the molecule is COC(=O)C[C@H](O)CCOc1ccccc1. The summed E-state index contributed by atoms with van der Waals surface area (Å²) in [5.74, 6) is 0.347. The number of esters is 1. The maximum Gasteiger partial charge on any atom is 0.308 e. The summed E-state index contributed by atoms with van der Waals surface area (Å²) in [6, 6.07) is 9.33. The largest absolute Gasteiger partial charge is 0.493 e. The van der Waals surface area contributed by atoms with Gasteiger partial charge in [-0.05, 0) is 12.1 Å². The standard InChI is InChI=1S/C12H16O4/c1-15-12(14)9-10(13)7-8-16-11-5-3-2-4-6-11/h2-6,10,13H,7-9H2,1H3/t10-/m1/s1. The lowest BCUT2D eigenvalue weighted by atomic mass is 10.2. The summed E-state index contributed by atoms with van der Waals surface area (Å²) in [5, 5.41) is 9.45. The van der Waals surface area contributed by atoms with E-state index in [1.54, 1.807) is 0 Å². The van der Waals surface area contributed by atoms with Crippen molar-refractivity contribution in [3.63, 3.8) is 0 Å². The van der Waals surface area contributed by atoms with Gasteiger partial charge in [0.15, 0.2) is 0 Å². The first-order chi connectivity index (χ1) is 7.72. The molecule has 1 aromatic carbocycles. The van der Waals surface area contributed by atoms with Gasteiger partial charge >= 0.3 is 5.97 Å². The van der Waals surface area contributed by atoms with E-state index in [0.29, 0.717) is 13.0 Å². The number of benzene rings is 1. The minimum absolute atomic E-state index is 0.00858. The van der Waals surface area contributed by atoms with Crippen molar-refractivity contribution in [3.05, 3.63) is 30.3 Å². The molecular formula is C12H16O4. The molecule has 1 N–H and O–H groups in total. The summed E-state index contributed by atoms with van der Waals surface area (Å²) in [4.78, 5) is 10.8. The molecular weight excluding hydrogens is 208 g/mol. The van der Waals surface area contributed by atoms with Crippen LogP contribution >= 0.6 is 0 Å². The molecule has 0 aromatic heterocycles. The second-order valence-electron chi connectivity index (χ2n) is 3.38. The van der Waals surface area contributed by atoms with Crippen LogP contribution in [0, 0.1) is 0 Å². The smallest absolute Gasteiger partial charge is 0.308 e. The van der Waals surface area contributed by atoms with Crippen LogP contribution in [-0.4, -0.2) is 30.9 Å². The van der Waals surface area contributed by atoms with Gasteiger partial charge in [-0.15, -0.1) is 0 Å². The molecule has 0 amide bonds. The van der Waals surface area contributed by atoms with Gasteiger partial charge in [-0.2, -0.15) is 0 Å². The van der Waals surface area contributed by atoms with Crippen LogP contribution in [0.15, 0.2) is 30.3 Å². The van der Waals surface area contributed by atoms with Gasteiger partial charge in [-0.1, -0.05) is 18.2 Å². The first-order valence-corrected chi connectivity index (χ1v) is 5.15. The van der Waals surface area contributed by atoms with E-state index in [1.165, 1.54) is 7.11 Å². The highest BCUT2D eigenvalue weighted by molar-refractivity contribution is 5.69. The van der Waals surface area contributed by atoms with E-state index in [2.05, 4.69) is 4.74 Å². The number of para-hydroxylation sites is 1. The highest BCUT2D eigenvalue weighted by Crippen LogP contribution is 2.09. The normalized spacial score (nSPS) is 11.9. The van der Waals surface area contributed by atoms with Crippen LogP contribution in [0.5, 0.6) is 5.75 Å². The maximum atomic E-state index is 10.8. The van der Waals surface area contributed by atoms with Crippen molar-refractivity contribution in [2.24, 2.45) is 0 Å². The van der Waals surface area contributed by atoms with Gasteiger partial charge in [0.1, 0.15) is 5.75 Å². The highest BCUT2D eigenvalue weighted by Gasteiger charge is 2.10. The van der Waals surface area contributed by atoms with Gasteiger partial charge in [0.2, 0.25) is 0 Å². The fourth-order valence-corrected chi connectivity index (χ4v) is 1.21. The van der Waals surface area contributed by atoms with Crippen molar-refractivity contribution < 1.29 is 19.4 Å². The Bertz CT molecular complexity index is 310. The van der Waals surface area contributed by atoms with Crippen molar-refractivity contribution in [3.8, 4) is 5.75 Å². The minimum Gasteiger partial charge on any atom is -0.493 e. The number of hydrogen-bond donors (Lipinski definition) is 1. The Morgan fingerprint density at radius 1 is 1.38 bits per heavy atom. The number of aliphatic hydroxyl groups excluding tert-OH is 1. The molecule has 0 spiro atoms. The number of carbonyl (C=O) groups excluding carboxylic acids is 1. The van der Waals surface area contributed by atoms with E-state index in [0.717, 1.165) is 5.75 Å². The molecule has 0 unspecified atom stereocenters. The molecule has 0 heterocycles. The van der Waals surface area contributed by atoms with Crippen molar-refractivity contribution in [2.45, 2.75) is 18.9 Å². The summed E-state index contributed by atoms with van der Waals surface area (Å²) in [6.07, 6.45) is -0.297. The molecule has 0 radical (unpaired) electrons. The van der Waals surface area contributed by atoms with Crippen molar-refractivity contribution in [1.82, 2.24) is 0 Å². The fraction of sp³-hybridized carbons (Fsp3) is 0.417. The topological polar surface area (TPSA) is 55.8 Å². The third kappa shape index (κ3) is 4.79. The van der Waals surface area contributed by atoms with Crippen molar-refractivity contribution in [1.29, 1.82) is 0 Å². The number of ether oxygens (including phenoxy) is 2. The molecule has 0 fully saturated rings. The highest BCUT2D eigenvalue weighted by atomic mass is 16.5. The maximum absolute atomic E-state index is 10.8. The van der Waals surface area contributed by atoms with Gasteiger partial charge in [0.05, 0.1) is 26.2 Å². The number of aliphatic hydroxyl groups is 1. The number of hydrogen-bond acceptors (Lipinski definition) is 4. The van der Waals surface area contributed by atoms with Gasteiger partial charge < -0.3 is 14.6 Å². The average Bonchev–Trinajstić information content (AvgIpc) is 2.30. The summed E-state index contributed by atoms with van der Waals surface area (Å²) in [7, 11) is 1.30. The van der Waals surface area contributed by atoms with E-state index in [9.17, 15) is 9.90 Å². The monoisotopic (exact) mass is 224 g/mol. The van der Waals surface area contributed by atoms with Gasteiger partial charge in [-0.25, -0.2) is 0 Å². The van der Waals surface area contributed by atoms with Gasteiger partial charge in [0, 0.05) is 6.42 Å². The summed E-state index contributed by atoms with van der Waals surface area (Å²) < 4.78 is 9.83. The number of rotatable bonds is 6. The van der Waals surface area contributed by atoms with Gasteiger partial charge in [0.25, 0.3) is 0 Å². The van der Waals surface area contributed by atoms with Crippen LogP contribution in [-0.2, 0) is 9.53 Å². The lowest BCUT2D eigenvalue weighted by Gasteiger charge is -2.10. The molecule has 0 aliphatic heterocycles. The Balaban J connectivity index is 2.18. The fourth-order valence-electron chi connectivity index (χ4n) is 1.21. The Labute approximate surface area is 94.8 Å². The molecule has 88 valence electrons. The summed E-state index contributed by atoms with van der Waals surface area (Å²) in [6.45, 7) is 0.377. The Hall–Kier alpha value is -1.55. The van der Waals surface area contributed by atoms with Crippen LogP contribution in [0.1, 0.15) is 12.8 Å². The number of carbonyl (C=O) groups is 1. The summed E-state index contributed by atoms with van der Waals surface area (Å²) >= 11 is 0. The Morgan fingerprint density at radius 3 is 2.69 bits per heavy atom. The molecule has 1 aromatic rings. The Morgan fingerprint density at radius 2 is 2.06 bits per heavy atom. The molecule has 0 aliphatic rings. The van der Waals surface area contributed by atoms with E-state index in [1.807, 2.05) is 30.3 Å². The molecule has 0 saturated heterocycles. The molecule has 1 rings (SSSR count). The van der Waals surface area contributed by atoms with Crippen molar-refractivity contribution >= 4 is 5.97 Å². The molecule has 0 aliphatic carbocycles. The second kappa shape index (κ2) is 6.85. The minimum atomic E-state index is -0.712. The van der Waals surface area contributed by atoms with Crippen molar-refractivity contribution in [2.75, 3.05) is 13.7 Å². The van der Waals surface area contributed by atoms with E-state index < -0.39 is 12.1 Å². The molecule has 1 atom stereocenters. The zero-order chi connectivity index (χ0) is 11.8.